The number of hydrogen-bond acceptors (Lipinski definition) is 2. The van der Waals surface area contributed by atoms with E-state index >= 15 is 0 Å². The Kier molecular flexibility index (Phi) is 5.86. The van der Waals surface area contributed by atoms with Crippen molar-refractivity contribution in [2.24, 2.45) is 5.92 Å². The highest BCUT2D eigenvalue weighted by atomic mass is 35.5. The first-order valence-corrected chi connectivity index (χ1v) is 10.5. The van der Waals surface area contributed by atoms with Crippen LogP contribution in [0, 0.1) is 11.7 Å². The van der Waals surface area contributed by atoms with Crippen LogP contribution >= 0.6 is 11.6 Å². The zero-order valence-electron chi connectivity index (χ0n) is 16.2. The Balaban J connectivity index is 1.45. The van der Waals surface area contributed by atoms with Crippen LogP contribution in [0.2, 0.25) is 5.02 Å². The molecule has 1 heterocycles. The van der Waals surface area contributed by atoms with Crippen molar-refractivity contribution in [1.82, 2.24) is 9.80 Å². The molecular formula is C23H24ClFN2O2. The number of piperidine rings is 1. The molecular weight excluding hydrogens is 391 g/mol. The van der Waals surface area contributed by atoms with Gasteiger partial charge in [0.1, 0.15) is 5.82 Å². The Morgan fingerprint density at radius 3 is 2.55 bits per heavy atom. The Morgan fingerprint density at radius 1 is 1.10 bits per heavy atom. The fourth-order valence-electron chi connectivity index (χ4n) is 3.98. The number of amides is 2. The third-order valence-corrected chi connectivity index (χ3v) is 5.91. The van der Waals surface area contributed by atoms with Crippen LogP contribution in [0.5, 0.6) is 0 Å². The Hall–Kier alpha value is -2.40. The van der Waals surface area contributed by atoms with E-state index in [4.69, 9.17) is 11.6 Å². The van der Waals surface area contributed by atoms with E-state index in [2.05, 4.69) is 0 Å². The largest absolute Gasteiger partial charge is 0.338 e. The molecule has 1 saturated carbocycles. The molecule has 6 heteroatoms. The monoisotopic (exact) mass is 414 g/mol. The normalized spacial score (nSPS) is 19.1. The van der Waals surface area contributed by atoms with Gasteiger partial charge in [0.2, 0.25) is 5.91 Å². The maximum Gasteiger partial charge on any atom is 0.253 e. The Morgan fingerprint density at radius 2 is 1.86 bits per heavy atom. The van der Waals surface area contributed by atoms with E-state index in [0.29, 0.717) is 30.2 Å². The molecule has 2 aliphatic rings. The lowest BCUT2D eigenvalue weighted by molar-refractivity contribution is -0.138. The molecule has 1 saturated heterocycles. The quantitative estimate of drug-likeness (QED) is 0.721. The molecule has 4 rings (SSSR count). The minimum absolute atomic E-state index is 0.0673. The number of nitrogens with zero attached hydrogens (tertiary/aromatic N) is 2. The van der Waals surface area contributed by atoms with Gasteiger partial charge < -0.3 is 9.80 Å². The second-order valence-electron chi connectivity index (χ2n) is 7.92. The van der Waals surface area contributed by atoms with Crippen LogP contribution in [-0.4, -0.2) is 40.7 Å². The molecule has 0 N–H and O–H groups in total. The summed E-state index contributed by atoms with van der Waals surface area (Å²) in [4.78, 5) is 29.8. The highest BCUT2D eigenvalue weighted by molar-refractivity contribution is 6.30. The van der Waals surface area contributed by atoms with Crippen LogP contribution in [0.4, 0.5) is 4.39 Å². The molecule has 2 aromatic rings. The van der Waals surface area contributed by atoms with Crippen molar-refractivity contribution in [2.45, 2.75) is 38.3 Å². The first kappa shape index (κ1) is 19.9. The van der Waals surface area contributed by atoms with Crippen LogP contribution in [0.15, 0.2) is 48.5 Å². The summed E-state index contributed by atoms with van der Waals surface area (Å²) < 4.78 is 13.6. The van der Waals surface area contributed by atoms with Gasteiger partial charge >= 0.3 is 0 Å². The van der Waals surface area contributed by atoms with E-state index in [1.807, 2.05) is 11.0 Å². The van der Waals surface area contributed by atoms with Gasteiger partial charge in [-0.05, 0) is 67.6 Å². The van der Waals surface area contributed by atoms with Crippen LogP contribution in [0.25, 0.3) is 0 Å². The second kappa shape index (κ2) is 8.54. The van der Waals surface area contributed by atoms with Gasteiger partial charge in [-0.15, -0.1) is 0 Å². The second-order valence-corrected chi connectivity index (χ2v) is 8.36. The smallest absolute Gasteiger partial charge is 0.253 e. The first-order valence-electron chi connectivity index (χ1n) is 10.1. The van der Waals surface area contributed by atoms with Crippen molar-refractivity contribution >= 4 is 23.4 Å². The average molecular weight is 415 g/mol. The SMILES string of the molecule is O=C(c1ccc(Cl)cc1)N1CCCC(C(=O)N(Cc2cccc(F)c2)C2CC2)C1. The molecule has 152 valence electrons. The average Bonchev–Trinajstić information content (AvgIpc) is 3.57. The summed E-state index contributed by atoms with van der Waals surface area (Å²) in [6.45, 7) is 1.49. The van der Waals surface area contributed by atoms with Crippen molar-refractivity contribution in [3.63, 3.8) is 0 Å². The van der Waals surface area contributed by atoms with Crippen LogP contribution in [0.3, 0.4) is 0 Å². The topological polar surface area (TPSA) is 40.6 Å². The highest BCUT2D eigenvalue weighted by Gasteiger charge is 2.38. The number of halogens is 2. The summed E-state index contributed by atoms with van der Waals surface area (Å²) in [6, 6.07) is 13.5. The lowest BCUT2D eigenvalue weighted by Crippen LogP contribution is -2.47. The summed E-state index contributed by atoms with van der Waals surface area (Å²) >= 11 is 5.91. The minimum atomic E-state index is -0.289. The lowest BCUT2D eigenvalue weighted by Gasteiger charge is -2.35. The van der Waals surface area contributed by atoms with Crippen LogP contribution < -0.4 is 0 Å². The molecule has 2 fully saturated rings. The van der Waals surface area contributed by atoms with Gasteiger partial charge in [0, 0.05) is 36.3 Å². The number of carbonyl (C=O) groups is 2. The maximum absolute atomic E-state index is 13.6. The maximum atomic E-state index is 13.6. The van der Waals surface area contributed by atoms with Crippen molar-refractivity contribution < 1.29 is 14.0 Å². The van der Waals surface area contributed by atoms with Gasteiger partial charge in [0.25, 0.3) is 5.91 Å². The van der Waals surface area contributed by atoms with Crippen molar-refractivity contribution in [2.75, 3.05) is 13.1 Å². The number of benzene rings is 2. The van der Waals surface area contributed by atoms with E-state index in [9.17, 15) is 14.0 Å². The molecule has 1 aliphatic heterocycles. The van der Waals surface area contributed by atoms with Crippen LogP contribution in [-0.2, 0) is 11.3 Å². The molecule has 0 spiro atoms. The molecule has 4 nitrogen and oxygen atoms in total. The zero-order valence-corrected chi connectivity index (χ0v) is 16.9. The minimum Gasteiger partial charge on any atom is -0.338 e. The summed E-state index contributed by atoms with van der Waals surface area (Å²) in [7, 11) is 0. The lowest BCUT2D eigenvalue weighted by atomic mass is 9.95. The third kappa shape index (κ3) is 4.78. The van der Waals surface area contributed by atoms with Gasteiger partial charge in [-0.1, -0.05) is 23.7 Å². The fourth-order valence-corrected chi connectivity index (χ4v) is 4.10. The Bertz CT molecular complexity index is 898. The number of rotatable bonds is 5. The van der Waals surface area contributed by atoms with Gasteiger partial charge in [-0.25, -0.2) is 4.39 Å². The molecule has 0 bridgehead atoms. The third-order valence-electron chi connectivity index (χ3n) is 5.66. The zero-order chi connectivity index (χ0) is 20.4. The number of carbonyl (C=O) groups excluding carboxylic acids is 2. The number of likely N-dealkylation sites (tertiary alicyclic amines) is 1. The highest BCUT2D eigenvalue weighted by Crippen LogP contribution is 2.32. The standard InChI is InChI=1S/C23H24ClFN2O2/c24-19-8-6-17(7-9-19)22(28)26-12-2-4-18(15-26)23(29)27(21-10-11-21)14-16-3-1-5-20(25)13-16/h1,3,5-9,13,18,21H,2,4,10-12,14-15H2. The van der Waals surface area contributed by atoms with Crippen LogP contribution in [0.1, 0.15) is 41.6 Å². The molecule has 1 unspecified atom stereocenters. The first-order chi connectivity index (χ1) is 14.0. The summed E-state index contributed by atoms with van der Waals surface area (Å²) in [5.74, 6) is -0.495. The molecule has 1 atom stereocenters. The molecule has 29 heavy (non-hydrogen) atoms. The molecule has 1 aliphatic carbocycles. The number of hydrogen-bond donors (Lipinski definition) is 0. The predicted molar refractivity (Wildman–Crippen MR) is 110 cm³/mol. The van der Waals surface area contributed by atoms with E-state index in [0.717, 1.165) is 31.2 Å². The fraction of sp³-hybridized carbons (Fsp3) is 0.391. The van der Waals surface area contributed by atoms with Gasteiger partial charge in [-0.3, -0.25) is 9.59 Å². The van der Waals surface area contributed by atoms with Gasteiger partial charge in [0.05, 0.1) is 5.92 Å². The molecule has 0 radical (unpaired) electrons. The Labute approximate surface area is 175 Å². The van der Waals surface area contributed by atoms with E-state index in [-0.39, 0.29) is 29.6 Å². The van der Waals surface area contributed by atoms with E-state index in [1.165, 1.54) is 12.1 Å². The van der Waals surface area contributed by atoms with E-state index < -0.39 is 0 Å². The van der Waals surface area contributed by atoms with Crippen molar-refractivity contribution in [3.05, 3.63) is 70.5 Å². The molecule has 2 amide bonds. The summed E-state index contributed by atoms with van der Waals surface area (Å²) in [5.41, 5.74) is 1.39. The van der Waals surface area contributed by atoms with Crippen molar-refractivity contribution in [1.29, 1.82) is 0 Å². The van der Waals surface area contributed by atoms with Gasteiger partial charge in [-0.2, -0.15) is 0 Å². The summed E-state index contributed by atoms with van der Waals surface area (Å²) in [5, 5.41) is 0.589. The van der Waals surface area contributed by atoms with E-state index in [1.54, 1.807) is 35.2 Å². The summed E-state index contributed by atoms with van der Waals surface area (Å²) in [6.07, 6.45) is 3.55. The predicted octanol–water partition coefficient (Wildman–Crippen LogP) is 4.52. The van der Waals surface area contributed by atoms with Crippen molar-refractivity contribution in [3.8, 4) is 0 Å². The molecule has 0 aromatic heterocycles. The molecule has 2 aromatic carbocycles. The van der Waals surface area contributed by atoms with Gasteiger partial charge in [0.15, 0.2) is 0 Å².